The highest BCUT2D eigenvalue weighted by atomic mass is 16.3. The standard InChI is InChI=1S/C15H22O/c1-2-5-12-8-10-13(11-9-12)14-6-3-4-7-15(14)16/h3-4,6-7,12-13,16H,2,5,8-11H2,1H3/t12-,13-. The fraction of sp³-hybridized carbons (Fsp3) is 0.600. The molecule has 0 unspecified atom stereocenters. The molecule has 0 heterocycles. The Kier molecular flexibility index (Phi) is 3.87. The van der Waals surface area contributed by atoms with Crippen molar-refractivity contribution in [1.82, 2.24) is 0 Å². The first-order valence-electron chi connectivity index (χ1n) is 6.59. The minimum Gasteiger partial charge on any atom is -0.508 e. The first-order chi connectivity index (χ1) is 7.81. The summed E-state index contributed by atoms with van der Waals surface area (Å²) in [6.45, 7) is 2.27. The third-order valence-corrected chi connectivity index (χ3v) is 3.92. The van der Waals surface area contributed by atoms with Crippen LogP contribution in [0.2, 0.25) is 0 Å². The van der Waals surface area contributed by atoms with Gasteiger partial charge >= 0.3 is 0 Å². The van der Waals surface area contributed by atoms with Crippen LogP contribution >= 0.6 is 0 Å². The quantitative estimate of drug-likeness (QED) is 0.793. The molecule has 16 heavy (non-hydrogen) atoms. The van der Waals surface area contributed by atoms with Crippen molar-refractivity contribution in [3.63, 3.8) is 0 Å². The van der Waals surface area contributed by atoms with Gasteiger partial charge in [-0.15, -0.1) is 0 Å². The number of phenolic OH excluding ortho intramolecular Hbond substituents is 1. The van der Waals surface area contributed by atoms with Crippen LogP contribution in [-0.2, 0) is 0 Å². The van der Waals surface area contributed by atoms with E-state index in [0.717, 1.165) is 11.5 Å². The van der Waals surface area contributed by atoms with Gasteiger partial charge < -0.3 is 5.11 Å². The van der Waals surface area contributed by atoms with Gasteiger partial charge in [0.2, 0.25) is 0 Å². The molecule has 1 heteroatoms. The Morgan fingerprint density at radius 1 is 1.12 bits per heavy atom. The second-order valence-corrected chi connectivity index (χ2v) is 5.07. The summed E-state index contributed by atoms with van der Waals surface area (Å²) in [5, 5.41) is 9.83. The molecule has 1 aromatic rings. The summed E-state index contributed by atoms with van der Waals surface area (Å²) in [5.41, 5.74) is 1.16. The average molecular weight is 218 g/mol. The maximum Gasteiger partial charge on any atom is 0.119 e. The molecule has 1 aliphatic carbocycles. The first kappa shape index (κ1) is 11.5. The molecule has 1 fully saturated rings. The van der Waals surface area contributed by atoms with Crippen molar-refractivity contribution in [2.45, 2.75) is 51.4 Å². The molecular formula is C15H22O. The van der Waals surface area contributed by atoms with E-state index in [1.165, 1.54) is 38.5 Å². The number of aromatic hydroxyl groups is 1. The third kappa shape index (κ3) is 2.58. The van der Waals surface area contributed by atoms with Crippen molar-refractivity contribution in [2.75, 3.05) is 0 Å². The van der Waals surface area contributed by atoms with Crippen LogP contribution in [0.15, 0.2) is 24.3 Å². The molecular weight excluding hydrogens is 196 g/mol. The molecule has 0 radical (unpaired) electrons. The van der Waals surface area contributed by atoms with Gasteiger partial charge in [-0.1, -0.05) is 38.0 Å². The summed E-state index contributed by atoms with van der Waals surface area (Å²) < 4.78 is 0. The number of benzene rings is 1. The van der Waals surface area contributed by atoms with Crippen LogP contribution < -0.4 is 0 Å². The molecule has 0 spiro atoms. The van der Waals surface area contributed by atoms with Crippen LogP contribution in [0.3, 0.4) is 0 Å². The Balaban J connectivity index is 1.96. The highest BCUT2D eigenvalue weighted by Gasteiger charge is 2.23. The largest absolute Gasteiger partial charge is 0.508 e. The van der Waals surface area contributed by atoms with Gasteiger partial charge in [-0.25, -0.2) is 0 Å². The molecule has 1 N–H and O–H groups in total. The van der Waals surface area contributed by atoms with Crippen molar-refractivity contribution >= 4 is 0 Å². The zero-order chi connectivity index (χ0) is 11.4. The molecule has 1 aromatic carbocycles. The van der Waals surface area contributed by atoms with Crippen LogP contribution in [-0.4, -0.2) is 5.11 Å². The van der Waals surface area contributed by atoms with E-state index < -0.39 is 0 Å². The molecule has 0 aliphatic heterocycles. The smallest absolute Gasteiger partial charge is 0.119 e. The lowest BCUT2D eigenvalue weighted by atomic mass is 9.77. The summed E-state index contributed by atoms with van der Waals surface area (Å²) in [6, 6.07) is 7.84. The molecule has 0 bridgehead atoms. The van der Waals surface area contributed by atoms with Crippen molar-refractivity contribution in [3.05, 3.63) is 29.8 Å². The lowest BCUT2D eigenvalue weighted by Gasteiger charge is -2.28. The first-order valence-corrected chi connectivity index (χ1v) is 6.59. The molecule has 0 aromatic heterocycles. The lowest BCUT2D eigenvalue weighted by Crippen LogP contribution is -2.13. The van der Waals surface area contributed by atoms with Gasteiger partial charge in [-0.2, -0.15) is 0 Å². The maximum absolute atomic E-state index is 9.83. The number of phenols is 1. The van der Waals surface area contributed by atoms with E-state index in [0.29, 0.717) is 11.7 Å². The molecule has 0 amide bonds. The van der Waals surface area contributed by atoms with E-state index in [9.17, 15) is 5.11 Å². The van der Waals surface area contributed by atoms with Gasteiger partial charge in [-0.3, -0.25) is 0 Å². The second kappa shape index (κ2) is 5.38. The van der Waals surface area contributed by atoms with Gasteiger partial charge in [0.25, 0.3) is 0 Å². The Labute approximate surface area is 98.5 Å². The normalized spacial score (nSPS) is 25.6. The lowest BCUT2D eigenvalue weighted by molar-refractivity contribution is 0.304. The maximum atomic E-state index is 9.83. The minimum atomic E-state index is 0.487. The SMILES string of the molecule is CCC[C@H]1CC[C@H](c2ccccc2O)CC1. The number of para-hydroxylation sites is 1. The number of hydrogen-bond acceptors (Lipinski definition) is 1. The van der Waals surface area contributed by atoms with Gasteiger partial charge in [-0.05, 0) is 49.1 Å². The second-order valence-electron chi connectivity index (χ2n) is 5.07. The summed E-state index contributed by atoms with van der Waals surface area (Å²) in [4.78, 5) is 0. The van der Waals surface area contributed by atoms with E-state index in [2.05, 4.69) is 13.0 Å². The van der Waals surface area contributed by atoms with E-state index in [1.54, 1.807) is 0 Å². The highest BCUT2D eigenvalue weighted by molar-refractivity contribution is 5.35. The minimum absolute atomic E-state index is 0.487. The fourth-order valence-corrected chi connectivity index (χ4v) is 3.00. The summed E-state index contributed by atoms with van der Waals surface area (Å²) in [7, 11) is 0. The monoisotopic (exact) mass is 218 g/mol. The Bertz CT molecular complexity index is 324. The highest BCUT2D eigenvalue weighted by Crippen LogP contribution is 2.40. The van der Waals surface area contributed by atoms with Crippen LogP contribution in [0.4, 0.5) is 0 Å². The fourth-order valence-electron chi connectivity index (χ4n) is 3.00. The third-order valence-electron chi connectivity index (χ3n) is 3.92. The van der Waals surface area contributed by atoms with E-state index in [1.807, 2.05) is 18.2 Å². The van der Waals surface area contributed by atoms with Crippen molar-refractivity contribution in [1.29, 1.82) is 0 Å². The summed E-state index contributed by atoms with van der Waals surface area (Å²) >= 11 is 0. The Morgan fingerprint density at radius 3 is 2.44 bits per heavy atom. The van der Waals surface area contributed by atoms with Crippen LogP contribution in [0.1, 0.15) is 56.9 Å². The van der Waals surface area contributed by atoms with Gasteiger partial charge in [0.15, 0.2) is 0 Å². The topological polar surface area (TPSA) is 20.2 Å². The van der Waals surface area contributed by atoms with E-state index in [4.69, 9.17) is 0 Å². The van der Waals surface area contributed by atoms with Crippen LogP contribution in [0, 0.1) is 5.92 Å². The van der Waals surface area contributed by atoms with Crippen LogP contribution in [0.25, 0.3) is 0 Å². The molecule has 1 nitrogen and oxygen atoms in total. The molecule has 1 saturated carbocycles. The molecule has 0 atom stereocenters. The molecule has 1 aliphatic rings. The number of hydrogen-bond donors (Lipinski definition) is 1. The number of rotatable bonds is 3. The zero-order valence-electron chi connectivity index (χ0n) is 10.2. The zero-order valence-corrected chi connectivity index (χ0v) is 10.2. The Hall–Kier alpha value is -0.980. The van der Waals surface area contributed by atoms with Crippen molar-refractivity contribution in [3.8, 4) is 5.75 Å². The molecule has 2 rings (SSSR count). The van der Waals surface area contributed by atoms with Gasteiger partial charge in [0, 0.05) is 0 Å². The summed E-state index contributed by atoms with van der Waals surface area (Å²) in [5.74, 6) is 2.02. The van der Waals surface area contributed by atoms with Gasteiger partial charge in [0.1, 0.15) is 5.75 Å². The predicted molar refractivity (Wildman–Crippen MR) is 67.7 cm³/mol. The van der Waals surface area contributed by atoms with E-state index in [-0.39, 0.29) is 0 Å². The van der Waals surface area contributed by atoms with Gasteiger partial charge in [0.05, 0.1) is 0 Å². The average Bonchev–Trinajstić information content (AvgIpc) is 2.31. The van der Waals surface area contributed by atoms with Crippen molar-refractivity contribution in [2.24, 2.45) is 5.92 Å². The van der Waals surface area contributed by atoms with E-state index >= 15 is 0 Å². The van der Waals surface area contributed by atoms with Crippen LogP contribution in [0.5, 0.6) is 5.75 Å². The summed E-state index contributed by atoms with van der Waals surface area (Å²) in [6.07, 6.45) is 7.88. The molecule has 88 valence electrons. The predicted octanol–water partition coefficient (Wildman–Crippen LogP) is 4.47. The molecule has 0 saturated heterocycles. The Morgan fingerprint density at radius 2 is 1.81 bits per heavy atom. The van der Waals surface area contributed by atoms with Crippen molar-refractivity contribution < 1.29 is 5.11 Å².